The Hall–Kier alpha value is -4.37. The molecule has 10 heteroatoms. The smallest absolute Gasteiger partial charge is 0.238 e. The van der Waals surface area contributed by atoms with Gasteiger partial charge in [-0.2, -0.15) is 0 Å². The Labute approximate surface area is 224 Å². The number of anilines is 2. The third-order valence-electron chi connectivity index (χ3n) is 6.42. The van der Waals surface area contributed by atoms with E-state index in [2.05, 4.69) is 20.6 Å². The fraction of sp³-hybridized carbons (Fsp3) is 0.214. The van der Waals surface area contributed by atoms with Gasteiger partial charge in [-0.05, 0) is 43.2 Å². The molecule has 1 amide bonds. The lowest BCUT2D eigenvalue weighted by molar-refractivity contribution is -0.131. The molecule has 1 aliphatic carbocycles. The van der Waals surface area contributed by atoms with Gasteiger partial charge in [0.05, 0.1) is 38.2 Å². The molecule has 0 atom stereocenters. The number of rotatable bonds is 10. The molecular formula is C28H25ClN4O5. The highest BCUT2D eigenvalue weighted by atomic mass is 35.5. The number of halogens is 1. The van der Waals surface area contributed by atoms with Gasteiger partial charge in [0.1, 0.15) is 16.2 Å². The van der Waals surface area contributed by atoms with E-state index in [1.807, 2.05) is 30.3 Å². The first kappa shape index (κ1) is 25.3. The number of hydrogen-bond donors (Lipinski definition) is 2. The van der Waals surface area contributed by atoms with Crippen LogP contribution in [0.15, 0.2) is 67.0 Å². The van der Waals surface area contributed by atoms with Crippen LogP contribution in [0.4, 0.5) is 11.4 Å². The number of methoxy groups -OCH3 is 2. The fourth-order valence-corrected chi connectivity index (χ4v) is 4.33. The average Bonchev–Trinajstić information content (AvgIpc) is 3.75. The van der Waals surface area contributed by atoms with Gasteiger partial charge in [-0.3, -0.25) is 14.6 Å². The molecule has 0 bridgehead atoms. The van der Waals surface area contributed by atoms with E-state index in [1.54, 1.807) is 38.6 Å². The number of benzene rings is 2. The Morgan fingerprint density at radius 3 is 2.37 bits per heavy atom. The summed E-state index contributed by atoms with van der Waals surface area (Å²) in [5.41, 5.74) is 0.789. The second-order valence-corrected chi connectivity index (χ2v) is 9.23. The largest absolute Gasteiger partial charge is 0.493 e. The van der Waals surface area contributed by atoms with E-state index in [9.17, 15) is 9.59 Å². The lowest BCUT2D eigenvalue weighted by atomic mass is 9.99. The number of pyridine rings is 2. The second-order valence-electron chi connectivity index (χ2n) is 8.83. The van der Waals surface area contributed by atoms with Gasteiger partial charge in [0.15, 0.2) is 17.3 Å². The van der Waals surface area contributed by atoms with Crippen molar-refractivity contribution in [2.75, 3.05) is 31.4 Å². The van der Waals surface area contributed by atoms with Crippen LogP contribution in [0.3, 0.4) is 0 Å². The molecule has 0 spiro atoms. The van der Waals surface area contributed by atoms with Gasteiger partial charge in [-0.15, -0.1) is 0 Å². The molecule has 2 heterocycles. The number of para-hydroxylation sites is 1. The van der Waals surface area contributed by atoms with E-state index in [1.165, 1.54) is 12.3 Å². The topological polar surface area (TPSA) is 112 Å². The maximum Gasteiger partial charge on any atom is 0.238 e. The van der Waals surface area contributed by atoms with Gasteiger partial charge in [-0.25, -0.2) is 4.98 Å². The highest BCUT2D eigenvalue weighted by Gasteiger charge is 2.55. The van der Waals surface area contributed by atoms with Gasteiger partial charge in [0, 0.05) is 23.3 Å². The fourth-order valence-electron chi connectivity index (χ4n) is 4.13. The van der Waals surface area contributed by atoms with Gasteiger partial charge in [0.2, 0.25) is 11.8 Å². The second kappa shape index (κ2) is 10.5. The Bertz CT molecular complexity index is 1510. The van der Waals surface area contributed by atoms with Crippen LogP contribution in [0.2, 0.25) is 5.02 Å². The maximum absolute atomic E-state index is 13.0. The monoisotopic (exact) mass is 532 g/mol. The summed E-state index contributed by atoms with van der Waals surface area (Å²) in [6.45, 7) is 0.0692. The highest BCUT2D eigenvalue weighted by Crippen LogP contribution is 2.47. The number of amides is 1. The van der Waals surface area contributed by atoms with E-state index in [0.29, 0.717) is 46.7 Å². The Balaban J connectivity index is 1.28. The Kier molecular flexibility index (Phi) is 7.02. The number of carbonyl (C=O) groups is 2. The van der Waals surface area contributed by atoms with Crippen LogP contribution in [0.5, 0.6) is 23.1 Å². The van der Waals surface area contributed by atoms with Crippen LogP contribution in [-0.2, 0) is 9.59 Å². The van der Waals surface area contributed by atoms with Crippen LogP contribution >= 0.6 is 11.6 Å². The van der Waals surface area contributed by atoms with Gasteiger partial charge < -0.3 is 24.8 Å². The Morgan fingerprint density at radius 2 is 1.68 bits per heavy atom. The summed E-state index contributed by atoms with van der Waals surface area (Å²) in [5.74, 6) is 1.16. The van der Waals surface area contributed by atoms with Crippen molar-refractivity contribution in [1.82, 2.24) is 9.97 Å². The normalized spacial score (nSPS) is 13.4. The number of carbonyl (C=O) groups excluding carboxylic acids is 2. The van der Waals surface area contributed by atoms with E-state index < -0.39 is 5.41 Å². The number of Topliss-reactive ketones (excluding diaryl/α,β-unsaturated/α-hetero) is 1. The van der Waals surface area contributed by atoms with Crippen molar-refractivity contribution in [1.29, 1.82) is 0 Å². The summed E-state index contributed by atoms with van der Waals surface area (Å²) in [6.07, 6.45) is 4.04. The molecule has 5 rings (SSSR count). The van der Waals surface area contributed by atoms with Crippen LogP contribution in [0, 0.1) is 5.41 Å². The number of hydrogen-bond acceptors (Lipinski definition) is 8. The standard InChI is InChI=1S/C28H25ClN4O5/c1-36-23-13-19-21(14-24(23)37-2)30-11-8-22(19)38-26-20(29)12-18(15-32-26)33-27(35)28(9-10-28)25(34)16-31-17-6-4-3-5-7-17/h3-8,11-15,31H,9-10,16H2,1-2H3,(H,33,35). The van der Waals surface area contributed by atoms with Crippen molar-refractivity contribution in [2.24, 2.45) is 5.41 Å². The first-order chi connectivity index (χ1) is 18.4. The van der Waals surface area contributed by atoms with E-state index in [-0.39, 0.29) is 29.1 Å². The minimum atomic E-state index is -1.04. The molecule has 0 saturated heterocycles. The zero-order valence-corrected chi connectivity index (χ0v) is 21.5. The third kappa shape index (κ3) is 5.05. The molecule has 38 heavy (non-hydrogen) atoms. The van der Waals surface area contributed by atoms with Gasteiger partial charge >= 0.3 is 0 Å². The van der Waals surface area contributed by atoms with Crippen molar-refractivity contribution in [3.63, 3.8) is 0 Å². The summed E-state index contributed by atoms with van der Waals surface area (Å²) in [6, 6.07) is 16.1. The van der Waals surface area contributed by atoms with Crippen LogP contribution < -0.4 is 24.8 Å². The first-order valence-corrected chi connectivity index (χ1v) is 12.3. The molecule has 2 aromatic heterocycles. The summed E-state index contributed by atoms with van der Waals surface area (Å²) in [4.78, 5) is 34.5. The van der Waals surface area contributed by atoms with Crippen molar-refractivity contribution in [2.45, 2.75) is 12.8 Å². The number of nitrogens with one attached hydrogen (secondary N) is 2. The zero-order valence-electron chi connectivity index (χ0n) is 20.8. The number of ether oxygens (including phenoxy) is 3. The molecule has 194 valence electrons. The Morgan fingerprint density at radius 1 is 0.947 bits per heavy atom. The minimum Gasteiger partial charge on any atom is -0.493 e. The van der Waals surface area contributed by atoms with Crippen LogP contribution in [0.1, 0.15) is 12.8 Å². The third-order valence-corrected chi connectivity index (χ3v) is 6.69. The van der Waals surface area contributed by atoms with E-state index in [4.69, 9.17) is 25.8 Å². The molecule has 9 nitrogen and oxygen atoms in total. The molecule has 0 aliphatic heterocycles. The number of nitrogens with zero attached hydrogens (tertiary/aromatic N) is 2. The number of ketones is 1. The van der Waals surface area contributed by atoms with Crippen molar-refractivity contribution in [3.8, 4) is 23.1 Å². The van der Waals surface area contributed by atoms with Gasteiger partial charge in [-0.1, -0.05) is 29.8 Å². The van der Waals surface area contributed by atoms with E-state index in [0.717, 1.165) is 5.69 Å². The van der Waals surface area contributed by atoms with E-state index >= 15 is 0 Å². The summed E-state index contributed by atoms with van der Waals surface area (Å²) < 4.78 is 16.7. The number of aromatic nitrogens is 2. The van der Waals surface area contributed by atoms with Crippen molar-refractivity contribution in [3.05, 3.63) is 72.0 Å². The highest BCUT2D eigenvalue weighted by molar-refractivity contribution is 6.32. The summed E-state index contributed by atoms with van der Waals surface area (Å²) >= 11 is 6.45. The molecule has 2 aromatic carbocycles. The maximum atomic E-state index is 13.0. The van der Waals surface area contributed by atoms with Gasteiger partial charge in [0.25, 0.3) is 0 Å². The molecule has 1 saturated carbocycles. The quantitative estimate of drug-likeness (QED) is 0.258. The molecule has 0 radical (unpaired) electrons. The molecule has 4 aromatic rings. The van der Waals surface area contributed by atoms with Crippen molar-refractivity contribution >= 4 is 45.6 Å². The number of fused-ring (bicyclic) bond motifs is 1. The van der Waals surface area contributed by atoms with Crippen molar-refractivity contribution < 1.29 is 23.8 Å². The predicted molar refractivity (Wildman–Crippen MR) is 144 cm³/mol. The zero-order chi connectivity index (χ0) is 26.7. The molecule has 1 fully saturated rings. The summed E-state index contributed by atoms with van der Waals surface area (Å²) in [5, 5.41) is 6.73. The van der Waals surface area contributed by atoms with Crippen LogP contribution in [0.25, 0.3) is 10.9 Å². The lowest BCUT2D eigenvalue weighted by Crippen LogP contribution is -2.35. The lowest BCUT2D eigenvalue weighted by Gasteiger charge is -2.16. The molecular weight excluding hydrogens is 508 g/mol. The molecule has 2 N–H and O–H groups in total. The SMILES string of the molecule is COc1cc2nccc(Oc3ncc(NC(=O)C4(C(=O)CNc5ccccc5)CC4)cc3Cl)c2cc1OC. The predicted octanol–water partition coefficient (Wildman–Crippen LogP) is 5.49. The average molecular weight is 533 g/mol. The van der Waals surface area contributed by atoms with Crippen LogP contribution in [-0.4, -0.2) is 42.4 Å². The summed E-state index contributed by atoms with van der Waals surface area (Å²) in [7, 11) is 3.10. The first-order valence-electron chi connectivity index (χ1n) is 11.9. The minimum absolute atomic E-state index is 0.0692. The molecule has 1 aliphatic rings. The molecule has 0 unspecified atom stereocenters.